The molecule has 2 nitrogen and oxygen atoms in total. The summed E-state index contributed by atoms with van der Waals surface area (Å²) in [5.41, 5.74) is 0. The van der Waals surface area contributed by atoms with Crippen LogP contribution >= 0.6 is 0 Å². The van der Waals surface area contributed by atoms with Gasteiger partial charge in [-0.05, 0) is 6.92 Å². The number of hydrogen-bond acceptors (Lipinski definition) is 2. The maximum absolute atomic E-state index is 9.82. The molecule has 1 unspecified atom stereocenters. The van der Waals surface area contributed by atoms with Gasteiger partial charge >= 0.3 is 0 Å². The molecule has 0 fully saturated rings. The number of ether oxygens (including phenoxy) is 1. The Morgan fingerprint density at radius 1 is 2.00 bits per heavy atom. The molecule has 0 radical (unpaired) electrons. The highest BCUT2D eigenvalue weighted by Gasteiger charge is 1.93. The topological polar surface area (TPSA) is 26.3 Å². The molecule has 0 heterocycles. The fraction of sp³-hybridized carbons (Fsp3) is 0.500. The van der Waals surface area contributed by atoms with Crippen molar-refractivity contribution in [3.8, 4) is 12.3 Å². The van der Waals surface area contributed by atoms with Crippen molar-refractivity contribution in [2.45, 2.75) is 13.0 Å². The minimum atomic E-state index is -0.369. The summed E-state index contributed by atoms with van der Waals surface area (Å²) in [4.78, 5) is 9.82. The largest absolute Gasteiger partial charge is 0.358 e. The van der Waals surface area contributed by atoms with E-state index in [0.29, 0.717) is 6.29 Å². The second-order valence-electron chi connectivity index (χ2n) is 1.36. The van der Waals surface area contributed by atoms with Gasteiger partial charge in [-0.3, -0.25) is 0 Å². The molecule has 8 heavy (non-hydrogen) atoms. The highest BCUT2D eigenvalue weighted by molar-refractivity contribution is 5.55. The zero-order chi connectivity index (χ0) is 6.41. The van der Waals surface area contributed by atoms with Crippen LogP contribution in [0.1, 0.15) is 6.92 Å². The van der Waals surface area contributed by atoms with E-state index in [9.17, 15) is 4.79 Å². The normalized spacial score (nSPS) is 12.0. The molecule has 0 spiro atoms. The molecule has 0 aliphatic rings. The Morgan fingerprint density at radius 2 is 2.62 bits per heavy atom. The first-order valence-corrected chi connectivity index (χ1v) is 2.31. The lowest BCUT2D eigenvalue weighted by molar-refractivity contribution is -0.116. The zero-order valence-electron chi connectivity index (χ0n) is 4.76. The van der Waals surface area contributed by atoms with E-state index in [0.717, 1.165) is 0 Å². The van der Waals surface area contributed by atoms with Crippen molar-refractivity contribution in [1.82, 2.24) is 0 Å². The number of rotatable bonds is 3. The maximum Gasteiger partial charge on any atom is 0.148 e. The van der Waals surface area contributed by atoms with Gasteiger partial charge < -0.3 is 9.53 Å². The summed E-state index contributed by atoms with van der Waals surface area (Å²) >= 11 is 0. The Labute approximate surface area is 48.8 Å². The zero-order valence-corrected chi connectivity index (χ0v) is 4.76. The molecule has 1 atom stereocenters. The molecule has 0 amide bonds. The first-order chi connectivity index (χ1) is 3.81. The van der Waals surface area contributed by atoms with Gasteiger partial charge in [-0.2, -0.15) is 0 Å². The Kier molecular flexibility index (Phi) is 3.91. The Bertz CT molecular complexity index is 102. The van der Waals surface area contributed by atoms with E-state index < -0.39 is 0 Å². The number of carbonyl (C=O) groups excluding carboxylic acids is 1. The van der Waals surface area contributed by atoms with Gasteiger partial charge in [0, 0.05) is 0 Å². The van der Waals surface area contributed by atoms with Gasteiger partial charge in [-0.1, -0.05) is 5.92 Å². The molecule has 0 bridgehead atoms. The molecule has 0 saturated heterocycles. The van der Waals surface area contributed by atoms with Crippen molar-refractivity contribution in [2.75, 3.05) is 6.61 Å². The van der Waals surface area contributed by atoms with Crippen molar-refractivity contribution < 1.29 is 9.53 Å². The average Bonchev–Trinajstić information content (AvgIpc) is 1.83. The van der Waals surface area contributed by atoms with E-state index >= 15 is 0 Å². The second kappa shape index (κ2) is 4.35. The van der Waals surface area contributed by atoms with Crippen LogP contribution in [0.4, 0.5) is 0 Å². The highest BCUT2D eigenvalue weighted by Crippen LogP contribution is 1.81. The average molecular weight is 112 g/mol. The van der Waals surface area contributed by atoms with Crippen LogP contribution in [0.5, 0.6) is 0 Å². The van der Waals surface area contributed by atoms with Gasteiger partial charge in [0.15, 0.2) is 0 Å². The van der Waals surface area contributed by atoms with Crippen molar-refractivity contribution in [3.63, 3.8) is 0 Å². The minimum absolute atomic E-state index is 0.208. The third-order valence-corrected chi connectivity index (χ3v) is 0.621. The monoisotopic (exact) mass is 112 g/mol. The molecule has 0 aromatic carbocycles. The molecule has 44 valence electrons. The third-order valence-electron chi connectivity index (χ3n) is 0.621. The van der Waals surface area contributed by atoms with Crippen LogP contribution in [-0.2, 0) is 9.53 Å². The van der Waals surface area contributed by atoms with E-state index in [4.69, 9.17) is 11.2 Å². The SMILES string of the molecule is C#CCOC(C)C=O. The molecule has 0 aromatic rings. The summed E-state index contributed by atoms with van der Waals surface area (Å²) in [6.07, 6.45) is 5.18. The van der Waals surface area contributed by atoms with Gasteiger partial charge in [-0.25, -0.2) is 0 Å². The second-order valence-corrected chi connectivity index (χ2v) is 1.36. The smallest absolute Gasteiger partial charge is 0.148 e. The number of aldehydes is 1. The van der Waals surface area contributed by atoms with Crippen LogP contribution in [-0.4, -0.2) is 19.0 Å². The summed E-state index contributed by atoms with van der Waals surface area (Å²) in [5.74, 6) is 2.25. The summed E-state index contributed by atoms with van der Waals surface area (Å²) in [7, 11) is 0. The van der Waals surface area contributed by atoms with Crippen LogP contribution < -0.4 is 0 Å². The molecule has 0 aromatic heterocycles. The number of hydrogen-bond donors (Lipinski definition) is 0. The fourth-order valence-electron chi connectivity index (χ4n) is 0.219. The Hall–Kier alpha value is -0.810. The Balaban J connectivity index is 3.13. The van der Waals surface area contributed by atoms with Crippen molar-refractivity contribution in [1.29, 1.82) is 0 Å². The van der Waals surface area contributed by atoms with Crippen LogP contribution in [0.25, 0.3) is 0 Å². The first-order valence-electron chi connectivity index (χ1n) is 2.31. The predicted octanol–water partition coefficient (Wildman–Crippen LogP) is 0.224. The Morgan fingerprint density at radius 3 is 3.00 bits per heavy atom. The molecular weight excluding hydrogens is 104 g/mol. The van der Waals surface area contributed by atoms with E-state index in [2.05, 4.69) is 5.92 Å². The van der Waals surface area contributed by atoms with E-state index in [1.165, 1.54) is 0 Å². The van der Waals surface area contributed by atoms with Crippen molar-refractivity contribution in [3.05, 3.63) is 0 Å². The lowest BCUT2D eigenvalue weighted by atomic mass is 10.5. The highest BCUT2D eigenvalue weighted by atomic mass is 16.5. The summed E-state index contributed by atoms with van der Waals surface area (Å²) < 4.78 is 4.74. The first kappa shape index (κ1) is 7.19. The lowest BCUT2D eigenvalue weighted by Crippen LogP contribution is -2.08. The minimum Gasteiger partial charge on any atom is -0.358 e. The van der Waals surface area contributed by atoms with E-state index in [1.54, 1.807) is 6.92 Å². The molecule has 0 aliphatic heterocycles. The number of terminal acetylenes is 1. The summed E-state index contributed by atoms with van der Waals surface area (Å²) in [6, 6.07) is 0. The molecule has 0 saturated carbocycles. The van der Waals surface area contributed by atoms with Crippen LogP contribution in [0.3, 0.4) is 0 Å². The van der Waals surface area contributed by atoms with E-state index in [-0.39, 0.29) is 12.7 Å². The standard InChI is InChI=1S/C6H8O2/c1-3-4-8-6(2)5-7/h1,5-6H,4H2,2H3. The van der Waals surface area contributed by atoms with Gasteiger partial charge in [0.25, 0.3) is 0 Å². The lowest BCUT2D eigenvalue weighted by Gasteiger charge is -1.98. The molecule has 0 aliphatic carbocycles. The van der Waals surface area contributed by atoms with Crippen molar-refractivity contribution in [2.24, 2.45) is 0 Å². The number of carbonyl (C=O) groups is 1. The summed E-state index contributed by atoms with van der Waals surface area (Å²) in [5, 5.41) is 0. The fourth-order valence-corrected chi connectivity index (χ4v) is 0.219. The third kappa shape index (κ3) is 3.38. The molecule has 2 heteroatoms. The van der Waals surface area contributed by atoms with Gasteiger partial charge in [0.05, 0.1) is 0 Å². The predicted molar refractivity (Wildman–Crippen MR) is 30.3 cm³/mol. The van der Waals surface area contributed by atoms with Gasteiger partial charge in [-0.15, -0.1) is 6.42 Å². The van der Waals surface area contributed by atoms with Crippen LogP contribution in [0.15, 0.2) is 0 Å². The quantitative estimate of drug-likeness (QED) is 0.385. The molecule has 0 N–H and O–H groups in total. The molecular formula is C6H8O2. The van der Waals surface area contributed by atoms with Gasteiger partial charge in [0.2, 0.25) is 0 Å². The van der Waals surface area contributed by atoms with Gasteiger partial charge in [0.1, 0.15) is 19.0 Å². The van der Waals surface area contributed by atoms with E-state index in [1.807, 2.05) is 0 Å². The van der Waals surface area contributed by atoms with Crippen molar-refractivity contribution >= 4 is 6.29 Å². The maximum atomic E-state index is 9.82. The summed E-state index contributed by atoms with van der Waals surface area (Å²) in [6.45, 7) is 1.85. The molecule has 0 rings (SSSR count). The van der Waals surface area contributed by atoms with Crippen LogP contribution in [0, 0.1) is 12.3 Å². The van der Waals surface area contributed by atoms with Crippen LogP contribution in [0.2, 0.25) is 0 Å².